The first-order valence-corrected chi connectivity index (χ1v) is 11.2. The molecule has 9 nitrogen and oxygen atoms in total. The van der Waals surface area contributed by atoms with Crippen molar-refractivity contribution < 1.29 is 40.7 Å². The maximum Gasteiger partial charge on any atom is 0.417 e. The van der Waals surface area contributed by atoms with Crippen LogP contribution < -0.4 is 5.43 Å². The van der Waals surface area contributed by atoms with Crippen molar-refractivity contribution in [1.29, 1.82) is 0 Å². The number of rotatable bonds is 6. The van der Waals surface area contributed by atoms with Gasteiger partial charge >= 0.3 is 12.4 Å². The van der Waals surface area contributed by atoms with Crippen molar-refractivity contribution in [3.63, 3.8) is 0 Å². The van der Waals surface area contributed by atoms with Gasteiger partial charge in [-0.05, 0) is 19.1 Å². The second kappa shape index (κ2) is 10.1. The first kappa shape index (κ1) is 26.6. The average Bonchev–Trinajstić information content (AvgIpc) is 3.17. The zero-order valence-electron chi connectivity index (χ0n) is 19.4. The number of nitrogens with one attached hydrogen (secondary N) is 1. The van der Waals surface area contributed by atoms with Gasteiger partial charge in [-0.2, -0.15) is 31.4 Å². The first-order chi connectivity index (χ1) is 17.3. The van der Waals surface area contributed by atoms with Crippen LogP contribution in [0.5, 0.6) is 0 Å². The lowest BCUT2D eigenvalue weighted by atomic mass is 10.0. The number of amides is 2. The monoisotopic (exact) mass is 532 g/mol. The molecule has 0 saturated carbocycles. The summed E-state index contributed by atoms with van der Waals surface area (Å²) in [6.45, 7) is 2.31. The van der Waals surface area contributed by atoms with Crippen LogP contribution >= 0.6 is 0 Å². The lowest BCUT2D eigenvalue weighted by molar-refractivity contribution is -0.168. The maximum absolute atomic E-state index is 13.2. The molecule has 0 aliphatic carbocycles. The Hall–Kier alpha value is -3.49. The van der Waals surface area contributed by atoms with Crippen molar-refractivity contribution in [2.75, 3.05) is 19.8 Å². The van der Waals surface area contributed by atoms with E-state index < -0.39 is 41.5 Å². The fraction of sp³-hybridized carbons (Fsp3) is 0.500. The van der Waals surface area contributed by atoms with Crippen LogP contribution in [0, 0.1) is 5.92 Å². The second-order valence-corrected chi connectivity index (χ2v) is 8.67. The van der Waals surface area contributed by atoms with E-state index in [2.05, 4.69) is 15.1 Å². The fourth-order valence-corrected chi connectivity index (χ4v) is 4.17. The molecule has 0 aromatic carbocycles. The molecule has 2 aliphatic heterocycles. The molecule has 15 heteroatoms. The van der Waals surface area contributed by atoms with Crippen LogP contribution in [0.3, 0.4) is 0 Å². The number of pyridine rings is 1. The number of hydrogen-bond donors (Lipinski definition) is 1. The minimum Gasteiger partial charge on any atom is -0.379 e. The molecule has 0 spiro atoms. The lowest BCUT2D eigenvalue weighted by Crippen LogP contribution is -2.47. The van der Waals surface area contributed by atoms with Gasteiger partial charge in [0.1, 0.15) is 5.65 Å². The van der Waals surface area contributed by atoms with Crippen LogP contribution in [0.2, 0.25) is 0 Å². The number of carbonyl (C=O) groups excluding carboxylic acids is 2. The van der Waals surface area contributed by atoms with E-state index in [4.69, 9.17) is 4.74 Å². The SMILES string of the molecule is C[C@@H](COCCC(=O)N1CCn2c(cc3cc(C(F)(F)F)cnc32)C1)N=C1C=NNC(=O)C1C(F)(F)F. The molecule has 1 unspecified atom stereocenters. The topological polar surface area (TPSA) is 101 Å². The van der Waals surface area contributed by atoms with Crippen molar-refractivity contribution in [3.8, 4) is 0 Å². The predicted molar refractivity (Wildman–Crippen MR) is 119 cm³/mol. The molecule has 4 heterocycles. The normalized spacial score (nSPS) is 20.3. The third kappa shape index (κ3) is 5.92. The molecular formula is C22H22F6N6O3. The molecule has 200 valence electrons. The number of nitrogens with zero attached hydrogens (tertiary/aromatic N) is 5. The Bertz CT molecular complexity index is 1250. The Morgan fingerprint density at radius 3 is 2.70 bits per heavy atom. The molecule has 4 rings (SSSR count). The largest absolute Gasteiger partial charge is 0.417 e. The van der Waals surface area contributed by atoms with Gasteiger partial charge in [0, 0.05) is 30.4 Å². The molecule has 2 amide bonds. The molecule has 0 radical (unpaired) electrons. The van der Waals surface area contributed by atoms with E-state index in [9.17, 15) is 35.9 Å². The smallest absolute Gasteiger partial charge is 0.379 e. The summed E-state index contributed by atoms with van der Waals surface area (Å²) in [6, 6.07) is 1.88. The van der Waals surface area contributed by atoms with Crippen LogP contribution in [0.15, 0.2) is 28.4 Å². The molecule has 0 saturated heterocycles. The van der Waals surface area contributed by atoms with E-state index in [1.807, 2.05) is 0 Å². The Morgan fingerprint density at radius 2 is 2.00 bits per heavy atom. The van der Waals surface area contributed by atoms with Crippen LogP contribution in [0.1, 0.15) is 24.6 Å². The number of aliphatic imine (C=N–C) groups is 1. The molecule has 2 aliphatic rings. The standard InChI is InChI=1S/C22H22F6N6O3/c1-12(31-16-9-30-32-20(36)18(16)22(26,27)28)11-37-5-2-17(35)33-3-4-34-15(10-33)7-13-6-14(21(23,24)25)8-29-19(13)34/h6-9,12,18H,2-5,10-11H2,1H3,(H,32,36)/t12-,18?/m0/s1. The summed E-state index contributed by atoms with van der Waals surface area (Å²) in [4.78, 5) is 33.6. The third-order valence-corrected chi connectivity index (χ3v) is 5.89. The predicted octanol–water partition coefficient (Wildman–Crippen LogP) is 2.93. The van der Waals surface area contributed by atoms with Gasteiger partial charge in [-0.15, -0.1) is 0 Å². The summed E-state index contributed by atoms with van der Waals surface area (Å²) >= 11 is 0. The Morgan fingerprint density at radius 1 is 1.24 bits per heavy atom. The average molecular weight is 532 g/mol. The van der Waals surface area contributed by atoms with E-state index in [0.717, 1.165) is 18.5 Å². The Kier molecular flexibility index (Phi) is 7.26. The van der Waals surface area contributed by atoms with Gasteiger partial charge in [0.2, 0.25) is 5.91 Å². The molecule has 2 atom stereocenters. The number of ether oxygens (including phenoxy) is 1. The zero-order valence-corrected chi connectivity index (χ0v) is 19.4. The number of aromatic nitrogens is 2. The van der Waals surface area contributed by atoms with Gasteiger partial charge in [0.15, 0.2) is 5.92 Å². The van der Waals surface area contributed by atoms with Crippen molar-refractivity contribution in [1.82, 2.24) is 19.9 Å². The quantitative estimate of drug-likeness (QED) is 0.457. The van der Waals surface area contributed by atoms with Crippen molar-refractivity contribution in [3.05, 3.63) is 29.6 Å². The van der Waals surface area contributed by atoms with Crippen molar-refractivity contribution in [2.24, 2.45) is 16.0 Å². The summed E-state index contributed by atoms with van der Waals surface area (Å²) in [5.41, 5.74) is 1.47. The summed E-state index contributed by atoms with van der Waals surface area (Å²) < 4.78 is 85.6. The minimum atomic E-state index is -4.82. The molecular weight excluding hydrogens is 510 g/mol. The highest BCUT2D eigenvalue weighted by Crippen LogP contribution is 2.32. The summed E-state index contributed by atoms with van der Waals surface area (Å²) in [7, 11) is 0. The summed E-state index contributed by atoms with van der Waals surface area (Å²) in [5.74, 6) is -3.98. The van der Waals surface area contributed by atoms with Crippen molar-refractivity contribution in [2.45, 2.75) is 44.8 Å². The van der Waals surface area contributed by atoms with Crippen molar-refractivity contribution >= 4 is 34.8 Å². The van der Waals surface area contributed by atoms with Gasteiger partial charge in [-0.1, -0.05) is 0 Å². The fourth-order valence-electron chi connectivity index (χ4n) is 4.17. The number of carbonyl (C=O) groups is 2. The number of hydrazone groups is 1. The minimum absolute atomic E-state index is 0.00493. The second-order valence-electron chi connectivity index (χ2n) is 8.67. The number of fused-ring (bicyclic) bond motifs is 3. The Labute approximate surface area is 206 Å². The van der Waals surface area contributed by atoms with E-state index in [0.29, 0.717) is 29.8 Å². The maximum atomic E-state index is 13.2. The highest BCUT2D eigenvalue weighted by Gasteiger charge is 2.49. The van der Waals surface area contributed by atoms with Crippen LogP contribution in [-0.4, -0.2) is 70.2 Å². The van der Waals surface area contributed by atoms with Crippen LogP contribution in [-0.2, 0) is 33.6 Å². The summed E-state index contributed by atoms with van der Waals surface area (Å²) in [5, 5.41) is 3.71. The van der Waals surface area contributed by atoms with Gasteiger partial charge in [-0.25, -0.2) is 10.4 Å². The van der Waals surface area contributed by atoms with E-state index in [-0.39, 0.29) is 32.1 Å². The van der Waals surface area contributed by atoms with Gasteiger partial charge in [0.05, 0.1) is 49.7 Å². The molecule has 1 N–H and O–H groups in total. The Balaban J connectivity index is 1.29. The van der Waals surface area contributed by atoms with E-state index >= 15 is 0 Å². The van der Waals surface area contributed by atoms with E-state index in [1.165, 1.54) is 6.92 Å². The molecule has 2 aromatic rings. The van der Waals surface area contributed by atoms with Gasteiger partial charge in [0.25, 0.3) is 5.91 Å². The molecule has 37 heavy (non-hydrogen) atoms. The lowest BCUT2D eigenvalue weighted by Gasteiger charge is -2.29. The third-order valence-electron chi connectivity index (χ3n) is 5.89. The van der Waals surface area contributed by atoms with E-state index in [1.54, 1.807) is 21.0 Å². The number of hydrogen-bond acceptors (Lipinski definition) is 6. The van der Waals surface area contributed by atoms with Crippen LogP contribution in [0.4, 0.5) is 26.3 Å². The molecule has 0 bridgehead atoms. The molecule has 2 aromatic heterocycles. The zero-order chi connectivity index (χ0) is 27.0. The van der Waals surface area contributed by atoms with Gasteiger partial charge < -0.3 is 14.2 Å². The van der Waals surface area contributed by atoms with Crippen LogP contribution in [0.25, 0.3) is 11.0 Å². The highest BCUT2D eigenvalue weighted by atomic mass is 19.4. The molecule has 0 fully saturated rings. The first-order valence-electron chi connectivity index (χ1n) is 11.2. The number of alkyl halides is 6. The van der Waals surface area contributed by atoms with Gasteiger partial charge in [-0.3, -0.25) is 14.6 Å². The summed E-state index contributed by atoms with van der Waals surface area (Å²) in [6.07, 6.45) is -7.70. The highest BCUT2D eigenvalue weighted by molar-refractivity contribution is 6.37. The number of halogens is 6.